The summed E-state index contributed by atoms with van der Waals surface area (Å²) in [6, 6.07) is 8.34. The summed E-state index contributed by atoms with van der Waals surface area (Å²) in [6.45, 7) is 20.6. The monoisotopic (exact) mass is 577 g/mol. The average Bonchev–Trinajstić information content (AvgIpc) is 2.82. The van der Waals surface area contributed by atoms with E-state index < -0.39 is 20.4 Å². The number of ether oxygens (including phenoxy) is 1. The Morgan fingerprint density at radius 1 is 0.875 bits per heavy atom. The van der Waals surface area contributed by atoms with E-state index in [0.717, 1.165) is 39.1 Å². The Morgan fingerprint density at radius 2 is 1.43 bits per heavy atom. The number of benzene rings is 1. The molecule has 2 heterocycles. The van der Waals surface area contributed by atoms with Crippen LogP contribution in [-0.2, 0) is 10.0 Å². The van der Waals surface area contributed by atoms with Crippen LogP contribution in [0, 0.1) is 0 Å². The minimum Gasteiger partial charge on any atom is -0.488 e. The third-order valence-electron chi connectivity index (χ3n) is 7.22. The molecule has 0 saturated carbocycles. The predicted molar refractivity (Wildman–Crippen MR) is 162 cm³/mol. The van der Waals surface area contributed by atoms with Gasteiger partial charge in [-0.1, -0.05) is 0 Å². The van der Waals surface area contributed by atoms with E-state index in [1.165, 1.54) is 4.57 Å². The minimum absolute atomic E-state index is 0.0585. The Balaban J connectivity index is 1.58. The Hall–Kier alpha value is -2.79. The Kier molecular flexibility index (Phi) is 9.51. The van der Waals surface area contributed by atoms with Crippen LogP contribution in [0.3, 0.4) is 0 Å². The fourth-order valence-electron chi connectivity index (χ4n) is 4.66. The van der Waals surface area contributed by atoms with E-state index in [9.17, 15) is 18.0 Å². The van der Waals surface area contributed by atoms with Gasteiger partial charge in [0.05, 0.1) is 4.75 Å². The number of anilines is 2. The van der Waals surface area contributed by atoms with Crippen molar-refractivity contribution in [3.8, 4) is 5.75 Å². The normalized spacial score (nSPS) is 15.6. The topological polar surface area (TPSA) is 106 Å². The molecular formula is C29H47N5O5S. The van der Waals surface area contributed by atoms with E-state index in [2.05, 4.69) is 14.5 Å². The fourth-order valence-corrected chi connectivity index (χ4v) is 5.41. The molecular weight excluding hydrogens is 530 g/mol. The molecule has 1 fully saturated rings. The summed E-state index contributed by atoms with van der Waals surface area (Å²) in [5.74, 6) is 1.37. The number of nitrogens with one attached hydrogen (secondary N) is 1. The summed E-state index contributed by atoms with van der Waals surface area (Å²) in [7, 11) is -3.49. The van der Waals surface area contributed by atoms with Crippen molar-refractivity contribution in [1.82, 2.24) is 14.0 Å². The van der Waals surface area contributed by atoms with Gasteiger partial charge in [-0.2, -0.15) is 0 Å². The van der Waals surface area contributed by atoms with Crippen molar-refractivity contribution >= 4 is 21.5 Å². The third-order valence-corrected chi connectivity index (χ3v) is 9.33. The van der Waals surface area contributed by atoms with Gasteiger partial charge in [0.25, 0.3) is 5.56 Å². The smallest absolute Gasteiger partial charge is 0.333 e. The molecule has 0 amide bonds. The first-order valence-corrected chi connectivity index (χ1v) is 15.6. The number of hydrogen-bond acceptors (Lipinski definition) is 7. The average molecular weight is 578 g/mol. The lowest BCUT2D eigenvalue weighted by Crippen LogP contribution is -2.51. The SMILES string of the molecule is CC(C)n1c(N2CCN(CCC(C)(C)Oc3ccc(NS(=O)(=O)C(C)(C)C)cc3)CC2)cc(=O)n(C(C)C)c1=O. The van der Waals surface area contributed by atoms with Gasteiger partial charge in [-0.3, -0.25) is 23.6 Å². The van der Waals surface area contributed by atoms with Crippen LogP contribution in [-0.4, -0.2) is 65.5 Å². The molecule has 2 aromatic rings. The molecule has 0 atom stereocenters. The van der Waals surface area contributed by atoms with Crippen molar-refractivity contribution in [2.75, 3.05) is 42.3 Å². The molecule has 0 spiro atoms. The second-order valence-electron chi connectivity index (χ2n) is 12.7. The lowest BCUT2D eigenvalue weighted by atomic mass is 10.0. The quantitative estimate of drug-likeness (QED) is 0.454. The van der Waals surface area contributed by atoms with Gasteiger partial charge >= 0.3 is 5.69 Å². The number of aromatic nitrogens is 2. The van der Waals surface area contributed by atoms with Crippen LogP contribution >= 0.6 is 0 Å². The Bertz CT molecular complexity index is 1380. The molecule has 224 valence electrons. The molecule has 1 aromatic carbocycles. The maximum absolute atomic E-state index is 13.1. The van der Waals surface area contributed by atoms with Gasteiger partial charge in [0.1, 0.15) is 17.2 Å². The highest BCUT2D eigenvalue weighted by Gasteiger charge is 2.29. The largest absolute Gasteiger partial charge is 0.488 e. The summed E-state index contributed by atoms with van der Waals surface area (Å²) in [5.41, 5.74) is -0.438. The van der Waals surface area contributed by atoms with E-state index in [-0.39, 0.29) is 23.3 Å². The van der Waals surface area contributed by atoms with Crippen LogP contribution in [0.1, 0.15) is 80.8 Å². The highest BCUT2D eigenvalue weighted by Crippen LogP contribution is 2.26. The number of piperazine rings is 1. The van der Waals surface area contributed by atoms with Crippen LogP contribution < -0.4 is 25.6 Å². The van der Waals surface area contributed by atoms with Gasteiger partial charge in [-0.15, -0.1) is 0 Å². The van der Waals surface area contributed by atoms with E-state index >= 15 is 0 Å². The summed E-state index contributed by atoms with van der Waals surface area (Å²) >= 11 is 0. The van der Waals surface area contributed by atoms with Crippen molar-refractivity contribution in [3.63, 3.8) is 0 Å². The van der Waals surface area contributed by atoms with Gasteiger partial charge < -0.3 is 9.64 Å². The van der Waals surface area contributed by atoms with Crippen molar-refractivity contribution < 1.29 is 13.2 Å². The van der Waals surface area contributed by atoms with Crippen molar-refractivity contribution in [1.29, 1.82) is 0 Å². The van der Waals surface area contributed by atoms with Crippen molar-refractivity contribution in [3.05, 3.63) is 51.2 Å². The van der Waals surface area contributed by atoms with Gasteiger partial charge in [-0.05, 0) is 93.0 Å². The van der Waals surface area contributed by atoms with E-state index in [1.54, 1.807) is 55.7 Å². The fraction of sp³-hybridized carbons (Fsp3) is 0.655. The maximum Gasteiger partial charge on any atom is 0.333 e. The van der Waals surface area contributed by atoms with Gasteiger partial charge in [0, 0.05) is 56.6 Å². The van der Waals surface area contributed by atoms with Crippen LogP contribution in [0.2, 0.25) is 0 Å². The standard InChI is InChI=1S/C29H47N5O5S/c1-21(2)33-25(20-26(35)34(22(3)4)27(33)36)32-18-16-31(17-19-32)15-14-29(8,9)39-24-12-10-23(11-13-24)30-40(37,38)28(5,6)7/h10-13,20-22,30H,14-19H2,1-9H3. The van der Waals surface area contributed by atoms with E-state index in [1.807, 2.05) is 41.5 Å². The summed E-state index contributed by atoms with van der Waals surface area (Å²) in [4.78, 5) is 30.4. The van der Waals surface area contributed by atoms with E-state index in [4.69, 9.17) is 4.74 Å². The third kappa shape index (κ3) is 7.48. The molecule has 1 aliphatic heterocycles. The Labute approximate surface area is 239 Å². The first-order chi connectivity index (χ1) is 18.4. The first-order valence-electron chi connectivity index (χ1n) is 14.1. The number of nitrogens with zero attached hydrogens (tertiary/aromatic N) is 4. The second kappa shape index (κ2) is 12.0. The van der Waals surface area contributed by atoms with Crippen molar-refractivity contribution in [2.24, 2.45) is 0 Å². The Morgan fingerprint density at radius 3 is 1.93 bits per heavy atom. The molecule has 1 aromatic heterocycles. The zero-order valence-corrected chi connectivity index (χ0v) is 26.3. The number of sulfonamides is 1. The molecule has 1 saturated heterocycles. The predicted octanol–water partition coefficient (Wildman–Crippen LogP) is 4.08. The molecule has 0 bridgehead atoms. The summed E-state index contributed by atoms with van der Waals surface area (Å²) in [5, 5.41) is 0. The lowest BCUT2D eigenvalue weighted by Gasteiger charge is -2.38. The molecule has 10 nitrogen and oxygen atoms in total. The van der Waals surface area contributed by atoms with Gasteiger partial charge in [0.2, 0.25) is 10.0 Å². The van der Waals surface area contributed by atoms with Crippen molar-refractivity contribution in [2.45, 2.75) is 91.2 Å². The molecule has 40 heavy (non-hydrogen) atoms. The highest BCUT2D eigenvalue weighted by molar-refractivity contribution is 7.94. The first kappa shape index (κ1) is 31.7. The van der Waals surface area contributed by atoms with E-state index in [0.29, 0.717) is 17.3 Å². The number of hydrogen-bond donors (Lipinski definition) is 1. The molecule has 1 N–H and O–H groups in total. The zero-order valence-electron chi connectivity index (χ0n) is 25.5. The zero-order chi connectivity index (χ0) is 30.0. The summed E-state index contributed by atoms with van der Waals surface area (Å²) < 4.78 is 35.8. The molecule has 0 aliphatic carbocycles. The molecule has 1 aliphatic rings. The van der Waals surface area contributed by atoms with Crippen LogP contribution in [0.5, 0.6) is 5.75 Å². The molecule has 11 heteroatoms. The van der Waals surface area contributed by atoms with Crippen LogP contribution in [0.25, 0.3) is 0 Å². The highest BCUT2D eigenvalue weighted by atomic mass is 32.2. The number of rotatable bonds is 10. The lowest BCUT2D eigenvalue weighted by molar-refractivity contribution is 0.0821. The second-order valence-corrected chi connectivity index (χ2v) is 15.2. The molecule has 0 radical (unpaired) electrons. The van der Waals surface area contributed by atoms with Gasteiger partial charge in [0.15, 0.2) is 0 Å². The van der Waals surface area contributed by atoms with Crippen LogP contribution in [0.15, 0.2) is 39.9 Å². The maximum atomic E-state index is 13.1. The van der Waals surface area contributed by atoms with Crippen LogP contribution in [0.4, 0.5) is 11.5 Å². The minimum atomic E-state index is -3.49. The molecule has 0 unspecified atom stereocenters. The van der Waals surface area contributed by atoms with Gasteiger partial charge in [-0.25, -0.2) is 13.2 Å². The molecule has 3 rings (SSSR count). The summed E-state index contributed by atoms with van der Waals surface area (Å²) in [6.07, 6.45) is 0.798.